The van der Waals surface area contributed by atoms with Crippen molar-refractivity contribution in [3.8, 4) is 6.07 Å². The molecular formula is C18H27N. The van der Waals surface area contributed by atoms with Gasteiger partial charge in [-0.05, 0) is 87.4 Å². The Morgan fingerprint density at radius 2 is 1.58 bits per heavy atom. The molecule has 104 valence electrons. The monoisotopic (exact) mass is 257 g/mol. The first-order valence-corrected chi connectivity index (χ1v) is 8.23. The molecule has 1 heteroatoms. The summed E-state index contributed by atoms with van der Waals surface area (Å²) in [5, 5.41) is 9.05. The lowest BCUT2D eigenvalue weighted by atomic mass is 9.48. The average molecular weight is 257 g/mol. The van der Waals surface area contributed by atoms with Crippen molar-refractivity contribution in [3.05, 3.63) is 12.7 Å². The van der Waals surface area contributed by atoms with Gasteiger partial charge in [0.25, 0.3) is 0 Å². The smallest absolute Gasteiger partial charge is 0.0655 e. The zero-order chi connectivity index (χ0) is 13.3. The van der Waals surface area contributed by atoms with Crippen molar-refractivity contribution >= 4 is 0 Å². The van der Waals surface area contributed by atoms with Crippen molar-refractivity contribution in [3.63, 3.8) is 0 Å². The topological polar surface area (TPSA) is 23.8 Å². The molecule has 4 saturated carbocycles. The third kappa shape index (κ3) is 2.24. The Kier molecular flexibility index (Phi) is 3.46. The van der Waals surface area contributed by atoms with Crippen molar-refractivity contribution in [2.24, 2.45) is 22.7 Å². The summed E-state index contributed by atoms with van der Waals surface area (Å²) in [6.07, 6.45) is 17.1. The first-order chi connectivity index (χ1) is 9.22. The van der Waals surface area contributed by atoms with E-state index in [1.807, 2.05) is 0 Å². The molecule has 0 aromatic heterocycles. The van der Waals surface area contributed by atoms with Gasteiger partial charge in [0, 0.05) is 5.92 Å². The van der Waals surface area contributed by atoms with Gasteiger partial charge in [-0.2, -0.15) is 5.26 Å². The van der Waals surface area contributed by atoms with Crippen molar-refractivity contribution in [2.45, 2.75) is 70.6 Å². The Labute approximate surface area is 118 Å². The fraction of sp³-hybridized carbons (Fsp3) is 0.833. The number of nitrogens with zero attached hydrogens (tertiary/aromatic N) is 1. The predicted octanol–water partition coefficient (Wildman–Crippen LogP) is 5.23. The molecule has 4 aliphatic rings. The Morgan fingerprint density at radius 3 is 2.05 bits per heavy atom. The van der Waals surface area contributed by atoms with Crippen LogP contribution in [0.3, 0.4) is 0 Å². The number of hydrogen-bond acceptors (Lipinski definition) is 1. The van der Waals surface area contributed by atoms with Crippen LogP contribution in [0, 0.1) is 34.0 Å². The van der Waals surface area contributed by atoms with E-state index in [9.17, 15) is 0 Å². The Morgan fingerprint density at radius 1 is 1.00 bits per heavy atom. The summed E-state index contributed by atoms with van der Waals surface area (Å²) in [6, 6.07) is 2.48. The van der Waals surface area contributed by atoms with Gasteiger partial charge in [-0.25, -0.2) is 0 Å². The summed E-state index contributed by atoms with van der Waals surface area (Å²) in [4.78, 5) is 0. The summed E-state index contributed by atoms with van der Waals surface area (Å²) in [5.74, 6) is 1.29. The second kappa shape index (κ2) is 4.97. The molecular weight excluding hydrogens is 230 g/mol. The highest BCUT2D eigenvalue weighted by atomic mass is 14.6. The maximum absolute atomic E-state index is 9.05. The summed E-state index contributed by atoms with van der Waals surface area (Å²) >= 11 is 0. The third-order valence-corrected chi connectivity index (χ3v) is 6.81. The third-order valence-electron chi connectivity index (χ3n) is 6.81. The van der Waals surface area contributed by atoms with Gasteiger partial charge < -0.3 is 0 Å². The first-order valence-electron chi connectivity index (χ1n) is 8.23. The van der Waals surface area contributed by atoms with Crippen molar-refractivity contribution in [1.82, 2.24) is 0 Å². The fourth-order valence-electron chi connectivity index (χ4n) is 5.35. The van der Waals surface area contributed by atoms with Crippen LogP contribution >= 0.6 is 0 Å². The van der Waals surface area contributed by atoms with Gasteiger partial charge in [0.05, 0.1) is 6.07 Å². The average Bonchev–Trinajstić information content (AvgIpc) is 2.49. The van der Waals surface area contributed by atoms with Gasteiger partial charge >= 0.3 is 0 Å². The second-order valence-electron chi connectivity index (χ2n) is 7.53. The quantitative estimate of drug-likeness (QED) is 0.635. The Balaban J connectivity index is 1.65. The van der Waals surface area contributed by atoms with Crippen LogP contribution in [0.2, 0.25) is 0 Å². The fourth-order valence-corrected chi connectivity index (χ4v) is 5.35. The van der Waals surface area contributed by atoms with Crippen LogP contribution in [0.15, 0.2) is 12.7 Å². The maximum Gasteiger partial charge on any atom is 0.0655 e. The zero-order valence-electron chi connectivity index (χ0n) is 12.2. The standard InChI is InChI=1S/C18H27N/c1-2-7-17-8-11-18(12-9-17,13-10-17)16-5-3-15(14-19)4-6-16/h2,15-16H,1,3-13H2/t15-,16-,17?,18?. The predicted molar refractivity (Wildman–Crippen MR) is 78.4 cm³/mol. The van der Waals surface area contributed by atoms with E-state index in [2.05, 4.69) is 18.7 Å². The van der Waals surface area contributed by atoms with Crippen molar-refractivity contribution < 1.29 is 0 Å². The van der Waals surface area contributed by atoms with E-state index in [4.69, 9.17) is 5.26 Å². The van der Waals surface area contributed by atoms with Crippen LogP contribution in [0.4, 0.5) is 0 Å². The molecule has 0 saturated heterocycles. The minimum absolute atomic E-state index is 0.361. The molecule has 4 rings (SSSR count). The number of nitriles is 1. The van der Waals surface area contributed by atoms with Crippen molar-refractivity contribution in [2.75, 3.05) is 0 Å². The minimum atomic E-state index is 0.361. The summed E-state index contributed by atoms with van der Waals surface area (Å²) in [7, 11) is 0. The number of hydrogen-bond donors (Lipinski definition) is 0. The molecule has 0 spiro atoms. The summed E-state index contributed by atoms with van der Waals surface area (Å²) in [5.41, 5.74) is 1.30. The van der Waals surface area contributed by atoms with Gasteiger partial charge in [-0.3, -0.25) is 0 Å². The van der Waals surface area contributed by atoms with Gasteiger partial charge in [0.15, 0.2) is 0 Å². The molecule has 0 aromatic carbocycles. The van der Waals surface area contributed by atoms with Crippen LogP contribution in [0.5, 0.6) is 0 Å². The van der Waals surface area contributed by atoms with E-state index >= 15 is 0 Å². The van der Waals surface area contributed by atoms with Crippen LogP contribution < -0.4 is 0 Å². The molecule has 0 N–H and O–H groups in total. The molecule has 0 aromatic rings. The first kappa shape index (κ1) is 13.2. The molecule has 0 radical (unpaired) electrons. The molecule has 1 nitrogen and oxygen atoms in total. The zero-order valence-corrected chi connectivity index (χ0v) is 12.2. The van der Waals surface area contributed by atoms with Crippen LogP contribution in [-0.2, 0) is 0 Å². The Hall–Kier alpha value is -0.770. The summed E-state index contributed by atoms with van der Waals surface area (Å²) in [6.45, 7) is 3.96. The van der Waals surface area contributed by atoms with Gasteiger partial charge in [-0.1, -0.05) is 6.08 Å². The number of fused-ring (bicyclic) bond motifs is 3. The molecule has 4 aliphatic carbocycles. The number of allylic oxidation sites excluding steroid dienone is 1. The largest absolute Gasteiger partial charge is 0.198 e. The highest BCUT2D eigenvalue weighted by Gasteiger charge is 2.51. The lowest BCUT2D eigenvalue weighted by Crippen LogP contribution is -2.46. The van der Waals surface area contributed by atoms with Crippen LogP contribution in [0.1, 0.15) is 70.6 Å². The van der Waals surface area contributed by atoms with Crippen LogP contribution in [-0.4, -0.2) is 0 Å². The molecule has 4 fully saturated rings. The molecule has 0 atom stereocenters. The lowest BCUT2D eigenvalue weighted by molar-refractivity contribution is -0.0580. The van der Waals surface area contributed by atoms with E-state index in [0.717, 1.165) is 5.92 Å². The molecule has 0 amide bonds. The van der Waals surface area contributed by atoms with E-state index in [-0.39, 0.29) is 0 Å². The highest BCUT2D eigenvalue weighted by Crippen LogP contribution is 2.63. The molecule has 0 aliphatic heterocycles. The van der Waals surface area contributed by atoms with Gasteiger partial charge in [0.2, 0.25) is 0 Å². The Bertz CT molecular complexity index is 356. The van der Waals surface area contributed by atoms with Gasteiger partial charge in [0.1, 0.15) is 0 Å². The molecule has 0 unspecified atom stereocenters. The van der Waals surface area contributed by atoms with E-state index < -0.39 is 0 Å². The van der Waals surface area contributed by atoms with E-state index in [1.165, 1.54) is 70.6 Å². The van der Waals surface area contributed by atoms with E-state index in [1.54, 1.807) is 0 Å². The highest BCUT2D eigenvalue weighted by molar-refractivity contribution is 5.05. The number of rotatable bonds is 3. The molecule has 19 heavy (non-hydrogen) atoms. The SMILES string of the molecule is C=CCC12CCC([C@H]3CC[C@H](C#N)CC3)(CC1)CC2. The molecule has 2 bridgehead atoms. The minimum Gasteiger partial charge on any atom is -0.198 e. The second-order valence-corrected chi connectivity index (χ2v) is 7.53. The summed E-state index contributed by atoms with van der Waals surface area (Å²) < 4.78 is 0. The van der Waals surface area contributed by atoms with E-state index in [0.29, 0.717) is 16.7 Å². The van der Waals surface area contributed by atoms with Crippen LogP contribution in [0.25, 0.3) is 0 Å². The van der Waals surface area contributed by atoms with Crippen molar-refractivity contribution in [1.29, 1.82) is 5.26 Å². The maximum atomic E-state index is 9.05. The normalized spacial score (nSPS) is 45.6. The van der Waals surface area contributed by atoms with Gasteiger partial charge in [-0.15, -0.1) is 6.58 Å². The lowest BCUT2D eigenvalue weighted by Gasteiger charge is -2.57. The molecule has 0 heterocycles.